The molecule has 10 heteroatoms. The van der Waals surface area contributed by atoms with Crippen molar-refractivity contribution in [2.45, 2.75) is 45.7 Å². The molecule has 0 unspecified atom stereocenters. The van der Waals surface area contributed by atoms with Crippen LogP contribution in [0.3, 0.4) is 0 Å². The monoisotopic (exact) mass is 464 g/mol. The number of halogens is 1. The van der Waals surface area contributed by atoms with Crippen molar-refractivity contribution in [1.29, 1.82) is 0 Å². The minimum absolute atomic E-state index is 0.103. The van der Waals surface area contributed by atoms with Gasteiger partial charge in [-0.15, -0.1) is 10.2 Å². The molecule has 1 aromatic carbocycles. The van der Waals surface area contributed by atoms with E-state index in [0.717, 1.165) is 29.8 Å². The zero-order valence-corrected chi connectivity index (χ0v) is 19.0. The Morgan fingerprint density at radius 2 is 2.06 bits per heavy atom. The smallest absolute Gasteiger partial charge is 0.410 e. The maximum absolute atomic E-state index is 14.8. The second-order valence-corrected chi connectivity index (χ2v) is 8.53. The lowest BCUT2D eigenvalue weighted by molar-refractivity contribution is 0.102. The van der Waals surface area contributed by atoms with Gasteiger partial charge in [0.2, 0.25) is 0 Å². The molecule has 2 aliphatic heterocycles. The van der Waals surface area contributed by atoms with E-state index in [9.17, 15) is 14.0 Å². The molecule has 0 fully saturated rings. The summed E-state index contributed by atoms with van der Waals surface area (Å²) in [6, 6.07) is 8.37. The molecule has 2 amide bonds. The van der Waals surface area contributed by atoms with Gasteiger partial charge in [0, 0.05) is 25.6 Å². The zero-order valence-electron chi connectivity index (χ0n) is 19.0. The van der Waals surface area contributed by atoms with E-state index in [-0.39, 0.29) is 30.6 Å². The average Bonchev–Trinajstić information content (AvgIpc) is 3.41. The van der Waals surface area contributed by atoms with Gasteiger partial charge in [-0.25, -0.2) is 14.2 Å². The van der Waals surface area contributed by atoms with Crippen LogP contribution in [0.25, 0.3) is 11.5 Å². The lowest BCUT2D eigenvalue weighted by Crippen LogP contribution is -2.36. The Kier molecular flexibility index (Phi) is 5.72. The molecule has 176 valence electrons. The van der Waals surface area contributed by atoms with Gasteiger partial charge in [0.05, 0.1) is 12.2 Å². The third-order valence-corrected chi connectivity index (χ3v) is 6.28. The average molecular weight is 465 g/mol. The molecule has 2 aromatic heterocycles. The number of amides is 2. The number of aryl methyl sites for hydroxylation is 1. The first-order valence-electron chi connectivity index (χ1n) is 11.4. The van der Waals surface area contributed by atoms with Crippen molar-refractivity contribution in [3.8, 4) is 11.5 Å². The summed E-state index contributed by atoms with van der Waals surface area (Å²) in [5.74, 6) is 0.636. The Bertz CT molecular complexity index is 1270. The van der Waals surface area contributed by atoms with Crippen LogP contribution in [-0.2, 0) is 24.1 Å². The molecule has 0 bridgehead atoms. The fourth-order valence-corrected chi connectivity index (χ4v) is 4.54. The largest absolute Gasteiger partial charge is 0.450 e. The first-order chi connectivity index (χ1) is 16.4. The van der Waals surface area contributed by atoms with Crippen LogP contribution in [0, 0.1) is 5.82 Å². The molecule has 0 aliphatic carbocycles. The highest BCUT2D eigenvalue weighted by Gasteiger charge is 2.26. The normalized spacial score (nSPS) is 16.7. The summed E-state index contributed by atoms with van der Waals surface area (Å²) in [6.45, 7) is 4.84. The lowest BCUT2D eigenvalue weighted by atomic mass is 9.97. The molecule has 1 N–H and O–H groups in total. The summed E-state index contributed by atoms with van der Waals surface area (Å²) >= 11 is 0. The number of benzene rings is 1. The minimum atomic E-state index is -0.613. The van der Waals surface area contributed by atoms with Crippen LogP contribution in [0.5, 0.6) is 0 Å². The quantitative estimate of drug-likeness (QED) is 0.631. The Morgan fingerprint density at radius 3 is 2.88 bits per heavy atom. The van der Waals surface area contributed by atoms with E-state index in [1.54, 1.807) is 30.0 Å². The third-order valence-electron chi connectivity index (χ3n) is 6.28. The number of pyridine rings is 1. The number of ether oxygens (including phenoxy) is 1. The summed E-state index contributed by atoms with van der Waals surface area (Å²) < 4.78 is 21.9. The Labute approximate surface area is 196 Å². The third kappa shape index (κ3) is 4.00. The number of carbonyl (C=O) groups excluding carboxylic acids is 2. The number of fused-ring (bicyclic) bond motifs is 2. The second-order valence-electron chi connectivity index (χ2n) is 8.53. The SMILES string of the molecule is CCOC(=O)N1CCc2cc(F)c(C(=O)Nc3cccc(-c4nnc5n4[C@H](C)CC5)n3)cc2C1. The Morgan fingerprint density at radius 1 is 1.21 bits per heavy atom. The van der Waals surface area contributed by atoms with E-state index in [1.165, 1.54) is 12.1 Å². The van der Waals surface area contributed by atoms with Gasteiger partial charge >= 0.3 is 6.09 Å². The van der Waals surface area contributed by atoms with Crippen LogP contribution in [0.1, 0.15) is 53.6 Å². The van der Waals surface area contributed by atoms with Crippen LogP contribution in [0.15, 0.2) is 30.3 Å². The maximum Gasteiger partial charge on any atom is 0.410 e. The fourth-order valence-electron chi connectivity index (χ4n) is 4.54. The number of nitrogens with zero attached hydrogens (tertiary/aromatic N) is 5. The lowest BCUT2D eigenvalue weighted by Gasteiger charge is -2.28. The number of aromatic nitrogens is 4. The molecule has 9 nitrogen and oxygen atoms in total. The molecule has 0 saturated carbocycles. The van der Waals surface area contributed by atoms with Gasteiger partial charge in [-0.3, -0.25) is 4.79 Å². The summed E-state index contributed by atoms with van der Waals surface area (Å²) in [5, 5.41) is 11.2. The van der Waals surface area contributed by atoms with E-state index in [2.05, 4.69) is 32.0 Å². The standard InChI is InChI=1S/C24H25FN6O3/c1-3-34-24(33)30-10-9-15-12-18(25)17(11-16(15)13-30)23(32)27-20-6-4-5-19(26-20)22-29-28-21-8-7-14(2)31(21)22/h4-6,11-12,14H,3,7-10,13H2,1-2H3,(H,26,27,32)/t14-/m1/s1. The van der Waals surface area contributed by atoms with Gasteiger partial charge in [0.25, 0.3) is 5.91 Å². The summed E-state index contributed by atoms with van der Waals surface area (Å²) in [7, 11) is 0. The van der Waals surface area contributed by atoms with Gasteiger partial charge in [-0.05, 0) is 62.1 Å². The van der Waals surface area contributed by atoms with E-state index in [1.807, 2.05) is 0 Å². The predicted molar refractivity (Wildman–Crippen MR) is 122 cm³/mol. The van der Waals surface area contributed by atoms with Gasteiger partial charge in [0.15, 0.2) is 5.82 Å². The van der Waals surface area contributed by atoms with Crippen molar-refractivity contribution in [3.05, 3.63) is 58.7 Å². The number of rotatable bonds is 4. The van der Waals surface area contributed by atoms with Crippen LogP contribution in [-0.4, -0.2) is 49.8 Å². The van der Waals surface area contributed by atoms with Gasteiger partial charge < -0.3 is 19.5 Å². The molecule has 0 spiro atoms. The van der Waals surface area contributed by atoms with Crippen molar-refractivity contribution >= 4 is 17.8 Å². The van der Waals surface area contributed by atoms with Crippen LogP contribution < -0.4 is 5.32 Å². The predicted octanol–water partition coefficient (Wildman–Crippen LogP) is 3.75. The summed E-state index contributed by atoms with van der Waals surface area (Å²) in [6.07, 6.45) is 1.95. The highest BCUT2D eigenvalue weighted by molar-refractivity contribution is 6.04. The first kappa shape index (κ1) is 22.0. The molecule has 0 saturated heterocycles. The van der Waals surface area contributed by atoms with Crippen LogP contribution >= 0.6 is 0 Å². The molecule has 4 heterocycles. The Hall–Kier alpha value is -3.82. The second kappa shape index (κ2) is 8.85. The Balaban J connectivity index is 1.37. The fraction of sp³-hybridized carbons (Fsp3) is 0.375. The number of nitrogens with one attached hydrogen (secondary N) is 1. The zero-order chi connectivity index (χ0) is 23.8. The van der Waals surface area contributed by atoms with Gasteiger partial charge in [0.1, 0.15) is 23.2 Å². The molecule has 5 rings (SSSR count). The summed E-state index contributed by atoms with van der Waals surface area (Å²) in [5.41, 5.74) is 1.99. The van der Waals surface area contributed by atoms with Crippen molar-refractivity contribution in [1.82, 2.24) is 24.6 Å². The maximum atomic E-state index is 14.8. The molecule has 0 radical (unpaired) electrons. The molecular formula is C24H25FN6O3. The molecular weight excluding hydrogens is 439 g/mol. The highest BCUT2D eigenvalue weighted by Crippen LogP contribution is 2.30. The van der Waals surface area contributed by atoms with Crippen molar-refractivity contribution in [3.63, 3.8) is 0 Å². The number of anilines is 1. The molecule has 3 aromatic rings. The van der Waals surface area contributed by atoms with Gasteiger partial charge in [-0.1, -0.05) is 6.07 Å². The van der Waals surface area contributed by atoms with E-state index in [0.29, 0.717) is 24.5 Å². The van der Waals surface area contributed by atoms with Crippen molar-refractivity contribution in [2.75, 3.05) is 18.5 Å². The van der Waals surface area contributed by atoms with E-state index >= 15 is 0 Å². The van der Waals surface area contributed by atoms with Crippen LogP contribution in [0.4, 0.5) is 15.0 Å². The highest BCUT2D eigenvalue weighted by atomic mass is 19.1. The van der Waals surface area contributed by atoms with E-state index in [4.69, 9.17) is 4.74 Å². The number of hydrogen-bond donors (Lipinski definition) is 1. The number of carbonyl (C=O) groups is 2. The minimum Gasteiger partial charge on any atom is -0.450 e. The summed E-state index contributed by atoms with van der Waals surface area (Å²) in [4.78, 5) is 31.1. The number of hydrogen-bond acceptors (Lipinski definition) is 6. The molecule has 2 aliphatic rings. The topological polar surface area (TPSA) is 102 Å². The van der Waals surface area contributed by atoms with E-state index < -0.39 is 17.8 Å². The van der Waals surface area contributed by atoms with Crippen molar-refractivity contribution in [2.24, 2.45) is 0 Å². The van der Waals surface area contributed by atoms with Crippen molar-refractivity contribution < 1.29 is 18.7 Å². The first-order valence-corrected chi connectivity index (χ1v) is 11.4. The molecule has 1 atom stereocenters. The van der Waals surface area contributed by atoms with Gasteiger partial charge in [-0.2, -0.15) is 0 Å². The van der Waals surface area contributed by atoms with Crippen LogP contribution in [0.2, 0.25) is 0 Å². The molecule has 34 heavy (non-hydrogen) atoms.